The fourth-order valence-corrected chi connectivity index (χ4v) is 5.29. The standard InChI is InChI=1S/C30H39N3O6/c1-36-13-12-33-19-29(34)31-25-17-32(16-22-6-7-22)18-28(25)38-20-23-4-3-5-24(14-23)39-27-15-21(9-11-30(33)35)8-10-26(27)37-2/h3-5,8,10,14-15,22,25,28H,6-7,9,11-13,16-20H2,1-2H3,(H,31,34)/t25-,28-/m0/s1. The number of carbonyl (C=O) groups excluding carboxylic acids is 2. The predicted molar refractivity (Wildman–Crippen MR) is 146 cm³/mol. The van der Waals surface area contributed by atoms with Crippen LogP contribution in [0.1, 0.15) is 30.4 Å². The average Bonchev–Trinajstić information content (AvgIpc) is 3.67. The highest BCUT2D eigenvalue weighted by Gasteiger charge is 2.37. The van der Waals surface area contributed by atoms with Crippen LogP contribution in [0, 0.1) is 5.92 Å². The number of nitrogens with zero attached hydrogens (tertiary/aromatic N) is 2. The molecule has 3 aliphatic rings. The Labute approximate surface area is 230 Å². The van der Waals surface area contributed by atoms with E-state index in [4.69, 9.17) is 18.9 Å². The van der Waals surface area contributed by atoms with E-state index in [-0.39, 0.29) is 36.9 Å². The lowest BCUT2D eigenvalue weighted by Crippen LogP contribution is -2.49. The van der Waals surface area contributed by atoms with Gasteiger partial charge >= 0.3 is 0 Å². The molecule has 2 aromatic rings. The van der Waals surface area contributed by atoms with Crippen LogP contribution in [0.3, 0.4) is 0 Å². The number of likely N-dealkylation sites (tertiary alicyclic amines) is 1. The molecule has 4 bridgehead atoms. The van der Waals surface area contributed by atoms with Crippen LogP contribution in [0.4, 0.5) is 0 Å². The van der Waals surface area contributed by atoms with Crippen LogP contribution in [-0.2, 0) is 32.1 Å². The van der Waals surface area contributed by atoms with Gasteiger partial charge < -0.3 is 29.2 Å². The predicted octanol–water partition coefficient (Wildman–Crippen LogP) is 3.00. The van der Waals surface area contributed by atoms with Crippen molar-refractivity contribution in [2.24, 2.45) is 5.92 Å². The van der Waals surface area contributed by atoms with Crippen LogP contribution in [-0.4, -0.2) is 87.3 Å². The number of fused-ring (bicyclic) bond motifs is 5. The minimum Gasteiger partial charge on any atom is -0.493 e. The topological polar surface area (TPSA) is 89.6 Å². The molecule has 0 radical (unpaired) electrons. The zero-order valence-electron chi connectivity index (χ0n) is 22.9. The Kier molecular flexibility index (Phi) is 9.01. The molecule has 2 fully saturated rings. The average molecular weight is 538 g/mol. The van der Waals surface area contributed by atoms with Crippen molar-refractivity contribution in [3.05, 3.63) is 53.6 Å². The molecule has 39 heavy (non-hydrogen) atoms. The molecule has 1 aliphatic carbocycles. The van der Waals surface area contributed by atoms with Crippen molar-refractivity contribution in [3.63, 3.8) is 0 Å². The summed E-state index contributed by atoms with van der Waals surface area (Å²) in [5.74, 6) is 2.37. The van der Waals surface area contributed by atoms with E-state index >= 15 is 0 Å². The normalized spacial score (nSPS) is 22.9. The van der Waals surface area contributed by atoms with Crippen LogP contribution >= 0.6 is 0 Å². The lowest BCUT2D eigenvalue weighted by molar-refractivity contribution is -0.137. The number of hydrogen-bond donors (Lipinski definition) is 1. The second-order valence-electron chi connectivity index (χ2n) is 10.7. The molecule has 0 spiro atoms. The summed E-state index contributed by atoms with van der Waals surface area (Å²) in [5.41, 5.74) is 1.94. The van der Waals surface area contributed by atoms with Crippen LogP contribution in [0.5, 0.6) is 17.2 Å². The van der Waals surface area contributed by atoms with Crippen molar-refractivity contribution in [3.8, 4) is 17.2 Å². The maximum atomic E-state index is 13.2. The zero-order chi connectivity index (χ0) is 27.2. The van der Waals surface area contributed by atoms with Crippen LogP contribution < -0.4 is 14.8 Å². The fourth-order valence-electron chi connectivity index (χ4n) is 5.29. The molecule has 1 N–H and O–H groups in total. The summed E-state index contributed by atoms with van der Waals surface area (Å²) in [6.45, 7) is 3.67. The first-order valence-electron chi connectivity index (χ1n) is 13.8. The van der Waals surface area contributed by atoms with E-state index in [9.17, 15) is 9.59 Å². The summed E-state index contributed by atoms with van der Waals surface area (Å²) in [7, 11) is 3.20. The van der Waals surface area contributed by atoms with Crippen molar-refractivity contribution in [2.75, 3.05) is 53.6 Å². The summed E-state index contributed by atoms with van der Waals surface area (Å²) < 4.78 is 23.4. The van der Waals surface area contributed by atoms with Gasteiger partial charge in [-0.1, -0.05) is 18.2 Å². The molecule has 9 heteroatoms. The van der Waals surface area contributed by atoms with E-state index in [0.29, 0.717) is 43.4 Å². The summed E-state index contributed by atoms with van der Waals surface area (Å²) in [6, 6.07) is 13.4. The Morgan fingerprint density at radius 1 is 1.03 bits per heavy atom. The molecule has 210 valence electrons. The largest absolute Gasteiger partial charge is 0.493 e. The SMILES string of the molecule is COCCN1CC(=O)N[C@H]2CN(CC3CC3)C[C@@H]2OCc2cccc(c2)Oc2cc(ccc2OC)CCC1=O. The van der Waals surface area contributed by atoms with Gasteiger partial charge in [0, 0.05) is 39.7 Å². The van der Waals surface area contributed by atoms with E-state index in [1.807, 2.05) is 42.5 Å². The number of amides is 2. The molecule has 2 aliphatic heterocycles. The third-order valence-corrected chi connectivity index (χ3v) is 7.60. The van der Waals surface area contributed by atoms with Crippen molar-refractivity contribution >= 4 is 11.8 Å². The molecule has 2 amide bonds. The summed E-state index contributed by atoms with van der Waals surface area (Å²) in [5, 5.41) is 3.18. The zero-order valence-corrected chi connectivity index (χ0v) is 22.9. The lowest BCUT2D eigenvalue weighted by atomic mass is 10.1. The van der Waals surface area contributed by atoms with Crippen molar-refractivity contribution in [1.82, 2.24) is 15.1 Å². The third kappa shape index (κ3) is 7.50. The first-order valence-corrected chi connectivity index (χ1v) is 13.8. The molecule has 9 nitrogen and oxygen atoms in total. The fraction of sp³-hybridized carbons (Fsp3) is 0.533. The van der Waals surface area contributed by atoms with E-state index in [2.05, 4.69) is 10.2 Å². The number of rotatable bonds is 6. The highest BCUT2D eigenvalue weighted by molar-refractivity contribution is 5.85. The molecule has 2 heterocycles. The van der Waals surface area contributed by atoms with Crippen molar-refractivity contribution in [2.45, 2.75) is 44.4 Å². The van der Waals surface area contributed by atoms with Gasteiger partial charge in [0.25, 0.3) is 0 Å². The summed E-state index contributed by atoms with van der Waals surface area (Å²) in [6.07, 6.45) is 3.18. The van der Waals surface area contributed by atoms with E-state index in [1.165, 1.54) is 12.8 Å². The Balaban J connectivity index is 1.40. The summed E-state index contributed by atoms with van der Waals surface area (Å²) >= 11 is 0. The number of hydrogen-bond acceptors (Lipinski definition) is 7. The second-order valence-corrected chi connectivity index (χ2v) is 10.7. The molecule has 1 saturated heterocycles. The Morgan fingerprint density at radius 3 is 2.69 bits per heavy atom. The number of nitrogens with one attached hydrogen (secondary N) is 1. The molecule has 5 rings (SSSR count). The van der Waals surface area contributed by atoms with Gasteiger partial charge in [0.05, 0.1) is 39.0 Å². The number of benzene rings is 2. The van der Waals surface area contributed by atoms with E-state index in [1.54, 1.807) is 19.1 Å². The molecular weight excluding hydrogens is 498 g/mol. The Morgan fingerprint density at radius 2 is 1.90 bits per heavy atom. The highest BCUT2D eigenvalue weighted by Crippen LogP contribution is 2.34. The lowest BCUT2D eigenvalue weighted by Gasteiger charge is -2.25. The van der Waals surface area contributed by atoms with Crippen LogP contribution in [0.2, 0.25) is 0 Å². The van der Waals surface area contributed by atoms with Crippen molar-refractivity contribution in [1.29, 1.82) is 0 Å². The smallest absolute Gasteiger partial charge is 0.239 e. The van der Waals surface area contributed by atoms with Crippen molar-refractivity contribution < 1.29 is 28.5 Å². The molecule has 2 atom stereocenters. The van der Waals surface area contributed by atoms with E-state index in [0.717, 1.165) is 36.7 Å². The molecule has 0 aromatic heterocycles. The molecule has 0 unspecified atom stereocenters. The van der Waals surface area contributed by atoms with Gasteiger partial charge in [-0.05, 0) is 60.6 Å². The van der Waals surface area contributed by atoms with Gasteiger partial charge in [0.2, 0.25) is 11.8 Å². The first kappa shape index (κ1) is 27.4. The van der Waals surface area contributed by atoms with Gasteiger partial charge in [-0.25, -0.2) is 0 Å². The van der Waals surface area contributed by atoms with Gasteiger partial charge in [-0.2, -0.15) is 0 Å². The van der Waals surface area contributed by atoms with E-state index < -0.39 is 0 Å². The monoisotopic (exact) mass is 537 g/mol. The maximum absolute atomic E-state index is 13.2. The third-order valence-electron chi connectivity index (χ3n) is 7.60. The maximum Gasteiger partial charge on any atom is 0.239 e. The number of carbonyl (C=O) groups is 2. The minimum atomic E-state index is -0.172. The Hall–Kier alpha value is -3.14. The molecule has 1 saturated carbocycles. The Bertz CT molecular complexity index is 1150. The number of aryl methyl sites for hydroxylation is 1. The first-order chi connectivity index (χ1) is 19.0. The highest BCUT2D eigenvalue weighted by atomic mass is 16.5. The molecule has 2 aromatic carbocycles. The van der Waals surface area contributed by atoms with Gasteiger partial charge in [-0.3, -0.25) is 14.5 Å². The number of methoxy groups -OCH3 is 2. The molecular formula is C30H39N3O6. The van der Waals surface area contributed by atoms with Gasteiger partial charge in [0.1, 0.15) is 5.75 Å². The van der Waals surface area contributed by atoms with Gasteiger partial charge in [-0.15, -0.1) is 0 Å². The van der Waals surface area contributed by atoms with Crippen LogP contribution in [0.25, 0.3) is 0 Å². The second kappa shape index (κ2) is 12.8. The number of ether oxygens (including phenoxy) is 4. The minimum absolute atomic E-state index is 0.00689. The van der Waals surface area contributed by atoms with Crippen LogP contribution in [0.15, 0.2) is 42.5 Å². The summed E-state index contributed by atoms with van der Waals surface area (Å²) in [4.78, 5) is 30.4. The quantitative estimate of drug-likeness (QED) is 0.606. The van der Waals surface area contributed by atoms with Gasteiger partial charge in [0.15, 0.2) is 11.5 Å².